The van der Waals surface area contributed by atoms with Gasteiger partial charge in [0.25, 0.3) is 0 Å². The standard InChI is InChI=1S/C29H36F4N6O3/c1-5-23(40)38-9-10-39(17(3)13-38)27-19-15-41-22(24-25(29(31,32)33)16(2)11-20(34)26(24)30)12-21(19)35-28(36-27)42-14-18-7-6-8-37(18)4/h5,11,17-18,22H,1,6-10,12-15,34H2,2-4H3/t17-,18+,22+/m1/s1. The first-order valence-electron chi connectivity index (χ1n) is 14.1. The van der Waals surface area contributed by atoms with Gasteiger partial charge < -0.3 is 29.9 Å². The van der Waals surface area contributed by atoms with E-state index in [0.717, 1.165) is 25.5 Å². The van der Waals surface area contributed by atoms with Gasteiger partial charge in [0.1, 0.15) is 12.4 Å². The van der Waals surface area contributed by atoms with Crippen LogP contribution in [0.4, 0.5) is 29.1 Å². The number of nitrogens with zero attached hydrogens (tertiary/aromatic N) is 5. The molecule has 228 valence electrons. The quantitative estimate of drug-likeness (QED) is 0.305. The highest BCUT2D eigenvalue weighted by Gasteiger charge is 2.42. The van der Waals surface area contributed by atoms with Crippen molar-refractivity contribution in [1.82, 2.24) is 19.8 Å². The molecule has 0 radical (unpaired) electrons. The number of likely N-dealkylation sites (N-methyl/N-ethyl adjacent to an activating group) is 1. The van der Waals surface area contributed by atoms with Crippen LogP contribution in [-0.2, 0) is 28.7 Å². The number of hydrogen-bond acceptors (Lipinski definition) is 8. The maximum Gasteiger partial charge on any atom is 0.417 e. The highest BCUT2D eigenvalue weighted by Crippen LogP contribution is 2.44. The number of likely N-dealkylation sites (tertiary alicyclic amines) is 1. The summed E-state index contributed by atoms with van der Waals surface area (Å²) in [4.78, 5) is 27.5. The van der Waals surface area contributed by atoms with Crippen LogP contribution < -0.4 is 15.4 Å². The third-order valence-corrected chi connectivity index (χ3v) is 8.45. The molecule has 2 saturated heterocycles. The van der Waals surface area contributed by atoms with Gasteiger partial charge in [-0.15, -0.1) is 0 Å². The number of alkyl halides is 3. The number of carbonyl (C=O) groups excluding carboxylic acids is 1. The Morgan fingerprint density at radius 2 is 2.05 bits per heavy atom. The molecule has 3 aliphatic heterocycles. The second-order valence-electron chi connectivity index (χ2n) is 11.3. The van der Waals surface area contributed by atoms with Crippen LogP contribution in [0.1, 0.15) is 53.8 Å². The molecule has 1 amide bonds. The summed E-state index contributed by atoms with van der Waals surface area (Å²) >= 11 is 0. The smallest absolute Gasteiger partial charge is 0.417 e. The highest BCUT2D eigenvalue weighted by molar-refractivity contribution is 5.87. The van der Waals surface area contributed by atoms with Crippen molar-refractivity contribution in [2.75, 3.05) is 50.5 Å². The molecule has 0 aliphatic carbocycles. The van der Waals surface area contributed by atoms with Crippen molar-refractivity contribution in [3.63, 3.8) is 0 Å². The summed E-state index contributed by atoms with van der Waals surface area (Å²) in [6, 6.07) is 1.14. The second-order valence-corrected chi connectivity index (χ2v) is 11.3. The molecule has 3 atom stereocenters. The molecule has 1 aromatic carbocycles. The van der Waals surface area contributed by atoms with Crippen LogP contribution >= 0.6 is 0 Å². The Bertz CT molecular complexity index is 1370. The van der Waals surface area contributed by atoms with Gasteiger partial charge in [-0.2, -0.15) is 23.1 Å². The minimum Gasteiger partial charge on any atom is -0.462 e. The number of hydrogen-bond donors (Lipinski definition) is 1. The Morgan fingerprint density at radius 1 is 1.29 bits per heavy atom. The van der Waals surface area contributed by atoms with Gasteiger partial charge in [0, 0.05) is 49.3 Å². The third kappa shape index (κ3) is 5.76. The summed E-state index contributed by atoms with van der Waals surface area (Å²) in [6.07, 6.45) is -2.91. The molecule has 4 heterocycles. The zero-order valence-electron chi connectivity index (χ0n) is 24.0. The van der Waals surface area contributed by atoms with Crippen molar-refractivity contribution >= 4 is 17.4 Å². The lowest BCUT2D eigenvalue weighted by molar-refractivity contribution is -0.140. The fraction of sp³-hybridized carbons (Fsp3) is 0.552. The average Bonchev–Trinajstić information content (AvgIpc) is 3.36. The molecule has 0 spiro atoms. The normalized spacial score (nSPS) is 23.2. The minimum absolute atomic E-state index is 0.0989. The van der Waals surface area contributed by atoms with Crippen LogP contribution in [0.15, 0.2) is 18.7 Å². The van der Waals surface area contributed by atoms with Gasteiger partial charge in [0.15, 0.2) is 5.82 Å². The van der Waals surface area contributed by atoms with Crippen molar-refractivity contribution < 1.29 is 31.8 Å². The maximum atomic E-state index is 15.3. The van der Waals surface area contributed by atoms with E-state index in [9.17, 15) is 18.0 Å². The van der Waals surface area contributed by atoms with Crippen molar-refractivity contribution in [2.45, 2.75) is 64.1 Å². The van der Waals surface area contributed by atoms with Gasteiger partial charge in [-0.05, 0) is 58.0 Å². The second kappa shape index (κ2) is 11.7. The number of carbonyl (C=O) groups is 1. The summed E-state index contributed by atoms with van der Waals surface area (Å²) in [7, 11) is 2.02. The summed E-state index contributed by atoms with van der Waals surface area (Å²) in [5, 5.41) is 0. The molecule has 0 unspecified atom stereocenters. The number of anilines is 2. The van der Waals surface area contributed by atoms with E-state index < -0.39 is 29.2 Å². The number of aryl methyl sites for hydroxylation is 1. The van der Waals surface area contributed by atoms with Crippen molar-refractivity contribution in [2.24, 2.45) is 0 Å². The number of aromatic nitrogens is 2. The summed E-state index contributed by atoms with van der Waals surface area (Å²) in [5.74, 6) is -0.776. The number of nitrogens with two attached hydrogens (primary N) is 1. The number of amides is 1. The first kappa shape index (κ1) is 30.0. The van der Waals surface area contributed by atoms with Crippen molar-refractivity contribution in [3.8, 4) is 6.01 Å². The summed E-state index contributed by atoms with van der Waals surface area (Å²) < 4.78 is 69.7. The summed E-state index contributed by atoms with van der Waals surface area (Å²) in [6.45, 7) is 9.28. The molecule has 9 nitrogen and oxygen atoms in total. The first-order chi connectivity index (χ1) is 19.9. The molecule has 0 saturated carbocycles. The van der Waals surface area contributed by atoms with E-state index in [1.54, 1.807) is 4.90 Å². The number of benzene rings is 1. The lowest BCUT2D eigenvalue weighted by Gasteiger charge is -2.41. The molecule has 3 aliphatic rings. The SMILES string of the molecule is C=CC(=O)N1CCN(c2nc(OC[C@@H]3CCCN3C)nc3c2CO[C@H](c2c(F)c(N)cc(C)c2C(F)(F)F)C3)[C@H](C)C1. The average molecular weight is 593 g/mol. The van der Waals surface area contributed by atoms with Crippen molar-refractivity contribution in [1.29, 1.82) is 0 Å². The molecule has 42 heavy (non-hydrogen) atoms. The highest BCUT2D eigenvalue weighted by atomic mass is 19.4. The number of nitrogen functional groups attached to an aromatic ring is 1. The fourth-order valence-corrected chi connectivity index (χ4v) is 6.20. The van der Waals surface area contributed by atoms with Gasteiger partial charge in [0.05, 0.1) is 29.7 Å². The zero-order chi connectivity index (χ0) is 30.3. The number of fused-ring (bicyclic) bond motifs is 1. The molecular formula is C29H36F4N6O3. The van der Waals surface area contributed by atoms with E-state index in [1.807, 2.05) is 18.9 Å². The van der Waals surface area contributed by atoms with Gasteiger partial charge in [-0.3, -0.25) is 4.79 Å². The van der Waals surface area contributed by atoms with E-state index in [1.165, 1.54) is 13.0 Å². The Balaban J connectivity index is 1.52. The maximum absolute atomic E-state index is 15.3. The molecule has 0 bridgehead atoms. The van der Waals surface area contributed by atoms with Crippen LogP contribution in [0.5, 0.6) is 6.01 Å². The van der Waals surface area contributed by atoms with Crippen molar-refractivity contribution in [3.05, 3.63) is 52.5 Å². The Labute approximate surface area is 242 Å². The van der Waals surface area contributed by atoms with E-state index in [4.69, 9.17) is 20.2 Å². The van der Waals surface area contributed by atoms with Crippen LogP contribution in [0.3, 0.4) is 0 Å². The predicted octanol–water partition coefficient (Wildman–Crippen LogP) is 4.04. The van der Waals surface area contributed by atoms with E-state index in [2.05, 4.69) is 16.5 Å². The summed E-state index contributed by atoms with van der Waals surface area (Å²) in [5.41, 5.74) is 4.52. The van der Waals surface area contributed by atoms with Crippen LogP contribution in [-0.4, -0.2) is 77.6 Å². The molecule has 2 aromatic rings. The molecule has 5 rings (SSSR count). The molecule has 2 fully saturated rings. The number of rotatable bonds is 6. The van der Waals surface area contributed by atoms with E-state index >= 15 is 4.39 Å². The van der Waals surface area contributed by atoms with Crippen LogP contribution in [0.25, 0.3) is 0 Å². The number of ether oxygens (including phenoxy) is 2. The first-order valence-corrected chi connectivity index (χ1v) is 14.1. The Hall–Kier alpha value is -3.45. The minimum atomic E-state index is -4.81. The lowest BCUT2D eigenvalue weighted by atomic mass is 9.91. The fourth-order valence-electron chi connectivity index (χ4n) is 6.20. The van der Waals surface area contributed by atoms with Gasteiger partial charge >= 0.3 is 12.2 Å². The monoisotopic (exact) mass is 592 g/mol. The van der Waals surface area contributed by atoms with E-state index in [-0.39, 0.29) is 48.3 Å². The predicted molar refractivity (Wildman–Crippen MR) is 149 cm³/mol. The number of piperazine rings is 1. The van der Waals surface area contributed by atoms with E-state index in [0.29, 0.717) is 43.3 Å². The molecule has 1 aromatic heterocycles. The third-order valence-electron chi connectivity index (χ3n) is 8.45. The zero-order valence-corrected chi connectivity index (χ0v) is 24.0. The van der Waals surface area contributed by atoms with Gasteiger partial charge in [0.2, 0.25) is 5.91 Å². The van der Waals surface area contributed by atoms with Gasteiger partial charge in [-0.1, -0.05) is 6.58 Å². The van der Waals surface area contributed by atoms with Crippen LogP contribution in [0, 0.1) is 12.7 Å². The van der Waals surface area contributed by atoms with Gasteiger partial charge in [-0.25, -0.2) is 4.39 Å². The molecule has 2 N–H and O–H groups in total. The Morgan fingerprint density at radius 3 is 2.69 bits per heavy atom. The molecular weight excluding hydrogens is 556 g/mol. The lowest BCUT2D eigenvalue weighted by Crippen LogP contribution is -2.54. The topological polar surface area (TPSA) is 97.0 Å². The largest absolute Gasteiger partial charge is 0.462 e. The Kier molecular flexibility index (Phi) is 8.35. The molecule has 13 heteroatoms. The number of halogens is 4. The van der Waals surface area contributed by atoms with Crippen LogP contribution in [0.2, 0.25) is 0 Å².